The molecule has 1 aromatic heterocycles. The molecule has 1 N–H and O–H groups in total. The molecule has 138 valence electrons. The Morgan fingerprint density at radius 3 is 2.35 bits per heavy atom. The smallest absolute Gasteiger partial charge is 0.355 e. The first-order valence-corrected chi connectivity index (χ1v) is 8.16. The number of nitrogens with one attached hydrogen (secondary N) is 1. The Bertz CT molecular complexity index is 840. The average molecular weight is 360 g/mol. The molecular formula is C19H21FN2O4. The zero-order valence-corrected chi connectivity index (χ0v) is 15.2. The molecule has 2 aromatic rings. The number of ether oxygens (including phenoxy) is 1. The number of likely N-dealkylation sites (N-methyl/N-ethyl adjacent to an activating group) is 1. The molecule has 0 saturated carbocycles. The number of aryl methyl sites for hydroxylation is 1. The Morgan fingerprint density at radius 2 is 1.77 bits per heavy atom. The molecular weight excluding hydrogens is 339 g/mol. The number of ketones is 1. The molecule has 26 heavy (non-hydrogen) atoms. The molecule has 7 heteroatoms. The van der Waals surface area contributed by atoms with Crippen LogP contribution in [0.3, 0.4) is 0 Å². The van der Waals surface area contributed by atoms with E-state index in [4.69, 9.17) is 4.74 Å². The molecule has 1 amide bonds. The van der Waals surface area contributed by atoms with Gasteiger partial charge < -0.3 is 14.6 Å². The zero-order valence-electron chi connectivity index (χ0n) is 15.2. The lowest BCUT2D eigenvalue weighted by molar-refractivity contribution is 0.0519. The number of aromatic nitrogens is 1. The minimum absolute atomic E-state index is 0.169. The molecule has 1 heterocycles. The van der Waals surface area contributed by atoms with Crippen LogP contribution in [0.5, 0.6) is 0 Å². The maximum absolute atomic E-state index is 13.0. The van der Waals surface area contributed by atoms with Crippen LogP contribution in [0.2, 0.25) is 0 Å². The molecule has 0 aliphatic carbocycles. The second-order valence-electron chi connectivity index (χ2n) is 5.94. The maximum atomic E-state index is 13.0. The molecule has 2 rings (SSSR count). The van der Waals surface area contributed by atoms with E-state index in [0.717, 1.165) is 0 Å². The van der Waals surface area contributed by atoms with Crippen molar-refractivity contribution in [2.45, 2.75) is 20.8 Å². The molecule has 0 radical (unpaired) electrons. The minimum Gasteiger partial charge on any atom is -0.461 e. The van der Waals surface area contributed by atoms with Gasteiger partial charge in [-0.1, -0.05) is 0 Å². The highest BCUT2D eigenvalue weighted by molar-refractivity contribution is 6.05. The fourth-order valence-electron chi connectivity index (χ4n) is 2.75. The standard InChI is InChI=1S/C19H21FN2O4/c1-5-26-19(25)17-11(2)16(12(3)21-17)15(23)10-22(4)18(24)13-6-8-14(20)9-7-13/h6-9,21H,5,10H2,1-4H3. The van der Waals surface area contributed by atoms with Gasteiger partial charge >= 0.3 is 5.97 Å². The molecule has 0 bridgehead atoms. The monoisotopic (exact) mass is 360 g/mol. The van der Waals surface area contributed by atoms with Gasteiger partial charge in [0.15, 0.2) is 5.78 Å². The lowest BCUT2D eigenvalue weighted by Crippen LogP contribution is -2.32. The van der Waals surface area contributed by atoms with Crippen LogP contribution in [0.25, 0.3) is 0 Å². The van der Waals surface area contributed by atoms with Crippen molar-refractivity contribution in [3.63, 3.8) is 0 Å². The van der Waals surface area contributed by atoms with Crippen molar-refractivity contribution >= 4 is 17.7 Å². The van der Waals surface area contributed by atoms with Gasteiger partial charge in [-0.3, -0.25) is 9.59 Å². The molecule has 0 unspecified atom stereocenters. The second-order valence-corrected chi connectivity index (χ2v) is 5.94. The number of carbonyl (C=O) groups excluding carboxylic acids is 3. The largest absolute Gasteiger partial charge is 0.461 e. The highest BCUT2D eigenvalue weighted by Crippen LogP contribution is 2.20. The average Bonchev–Trinajstić information content (AvgIpc) is 2.89. The topological polar surface area (TPSA) is 79.5 Å². The molecule has 0 fully saturated rings. The highest BCUT2D eigenvalue weighted by atomic mass is 19.1. The van der Waals surface area contributed by atoms with Gasteiger partial charge in [0.05, 0.1) is 13.2 Å². The summed E-state index contributed by atoms with van der Waals surface area (Å²) in [6.07, 6.45) is 0. The van der Waals surface area contributed by atoms with Crippen molar-refractivity contribution in [1.29, 1.82) is 0 Å². The quantitative estimate of drug-likeness (QED) is 0.635. The SMILES string of the molecule is CCOC(=O)c1[nH]c(C)c(C(=O)CN(C)C(=O)c2ccc(F)cc2)c1C. The Balaban J connectivity index is 2.18. The normalized spacial score (nSPS) is 10.5. The number of amides is 1. The Morgan fingerprint density at radius 1 is 1.15 bits per heavy atom. The van der Waals surface area contributed by atoms with Gasteiger partial charge in [0.1, 0.15) is 11.5 Å². The second kappa shape index (κ2) is 7.95. The van der Waals surface area contributed by atoms with E-state index in [1.165, 1.54) is 36.2 Å². The first kappa shape index (κ1) is 19.4. The van der Waals surface area contributed by atoms with Gasteiger partial charge in [0.2, 0.25) is 0 Å². The summed E-state index contributed by atoms with van der Waals surface area (Å²) in [5, 5.41) is 0. The molecule has 0 aliphatic heterocycles. The minimum atomic E-state index is -0.525. The number of halogens is 1. The van der Waals surface area contributed by atoms with E-state index in [0.29, 0.717) is 16.8 Å². The molecule has 0 saturated heterocycles. The van der Waals surface area contributed by atoms with Crippen molar-refractivity contribution in [3.05, 3.63) is 58.2 Å². The van der Waals surface area contributed by atoms with Crippen LogP contribution < -0.4 is 0 Å². The van der Waals surface area contributed by atoms with Crippen LogP contribution >= 0.6 is 0 Å². The maximum Gasteiger partial charge on any atom is 0.355 e. The highest BCUT2D eigenvalue weighted by Gasteiger charge is 2.24. The number of benzene rings is 1. The fraction of sp³-hybridized carbons (Fsp3) is 0.316. The van der Waals surface area contributed by atoms with E-state index in [1.807, 2.05) is 0 Å². The van der Waals surface area contributed by atoms with E-state index in [1.54, 1.807) is 20.8 Å². The summed E-state index contributed by atoms with van der Waals surface area (Å²) >= 11 is 0. The van der Waals surface area contributed by atoms with Crippen LogP contribution in [0.4, 0.5) is 4.39 Å². The number of rotatable bonds is 6. The van der Waals surface area contributed by atoms with Crippen LogP contribution in [0.15, 0.2) is 24.3 Å². The third kappa shape index (κ3) is 3.99. The van der Waals surface area contributed by atoms with Gasteiger partial charge in [0, 0.05) is 23.9 Å². The first-order chi connectivity index (χ1) is 12.3. The summed E-state index contributed by atoms with van der Waals surface area (Å²) in [7, 11) is 1.49. The Labute approximate surface area is 151 Å². The molecule has 6 nitrogen and oxygen atoms in total. The summed E-state index contributed by atoms with van der Waals surface area (Å²) in [6.45, 7) is 5.10. The zero-order chi connectivity index (χ0) is 19.4. The summed E-state index contributed by atoms with van der Waals surface area (Å²) < 4.78 is 17.9. The third-order valence-corrected chi connectivity index (χ3v) is 4.01. The van der Waals surface area contributed by atoms with Crippen molar-refractivity contribution < 1.29 is 23.5 Å². The van der Waals surface area contributed by atoms with Gasteiger partial charge in [0.25, 0.3) is 5.91 Å². The van der Waals surface area contributed by atoms with Crippen molar-refractivity contribution in [1.82, 2.24) is 9.88 Å². The molecule has 0 atom stereocenters. The van der Waals surface area contributed by atoms with Gasteiger partial charge in [-0.25, -0.2) is 9.18 Å². The lowest BCUT2D eigenvalue weighted by Gasteiger charge is -2.16. The van der Waals surface area contributed by atoms with E-state index < -0.39 is 17.7 Å². The predicted molar refractivity (Wildman–Crippen MR) is 93.9 cm³/mol. The van der Waals surface area contributed by atoms with Crippen molar-refractivity contribution in [2.24, 2.45) is 0 Å². The van der Waals surface area contributed by atoms with Crippen LogP contribution in [0, 0.1) is 19.7 Å². The van der Waals surface area contributed by atoms with Crippen LogP contribution in [0.1, 0.15) is 49.4 Å². The number of carbonyl (C=O) groups is 3. The third-order valence-electron chi connectivity index (χ3n) is 4.01. The number of nitrogens with zero attached hydrogens (tertiary/aromatic N) is 1. The Kier molecular flexibility index (Phi) is 5.92. The number of esters is 1. The number of hydrogen-bond acceptors (Lipinski definition) is 4. The summed E-state index contributed by atoms with van der Waals surface area (Å²) in [4.78, 5) is 41.1. The number of Topliss-reactive ketones (excluding diaryl/α,β-unsaturated/α-hetero) is 1. The molecule has 0 aliphatic rings. The summed E-state index contributed by atoms with van der Waals surface area (Å²) in [5.74, 6) is -1.66. The van der Waals surface area contributed by atoms with E-state index in [9.17, 15) is 18.8 Å². The van der Waals surface area contributed by atoms with Crippen LogP contribution in [-0.2, 0) is 4.74 Å². The van der Waals surface area contributed by atoms with E-state index >= 15 is 0 Å². The van der Waals surface area contributed by atoms with Gasteiger partial charge in [-0.2, -0.15) is 0 Å². The number of H-pyrrole nitrogens is 1. The number of hydrogen-bond donors (Lipinski definition) is 1. The molecule has 0 spiro atoms. The Hall–Kier alpha value is -2.96. The number of aromatic amines is 1. The fourth-order valence-corrected chi connectivity index (χ4v) is 2.75. The van der Waals surface area contributed by atoms with Crippen molar-refractivity contribution in [3.8, 4) is 0 Å². The van der Waals surface area contributed by atoms with Gasteiger partial charge in [-0.15, -0.1) is 0 Å². The van der Waals surface area contributed by atoms with Gasteiger partial charge in [-0.05, 0) is 50.6 Å². The lowest BCUT2D eigenvalue weighted by atomic mass is 10.0. The van der Waals surface area contributed by atoms with Crippen molar-refractivity contribution in [2.75, 3.05) is 20.2 Å². The van der Waals surface area contributed by atoms with Crippen LogP contribution in [-0.4, -0.2) is 47.7 Å². The molecule has 1 aromatic carbocycles. The van der Waals surface area contributed by atoms with E-state index in [-0.39, 0.29) is 30.2 Å². The van der Waals surface area contributed by atoms with E-state index in [2.05, 4.69) is 4.98 Å². The summed E-state index contributed by atoms with van der Waals surface area (Å²) in [6, 6.07) is 5.11. The predicted octanol–water partition coefficient (Wildman–Crippen LogP) is 2.90. The summed E-state index contributed by atoms with van der Waals surface area (Å²) in [5.41, 5.74) is 1.93. The first-order valence-electron chi connectivity index (χ1n) is 8.16.